The third-order valence-corrected chi connectivity index (χ3v) is 2.33. The van der Waals surface area contributed by atoms with E-state index in [9.17, 15) is 0 Å². The zero-order valence-corrected chi connectivity index (χ0v) is 9.78. The van der Waals surface area contributed by atoms with E-state index < -0.39 is 0 Å². The van der Waals surface area contributed by atoms with Crippen LogP contribution in [0.5, 0.6) is 0 Å². The molecule has 0 aromatic heterocycles. The Hall–Kier alpha value is -1.76. The molecule has 0 radical (unpaired) electrons. The van der Waals surface area contributed by atoms with Crippen LogP contribution in [-0.2, 0) is 17.8 Å². The molecule has 1 nitrogen and oxygen atoms in total. The lowest BCUT2D eigenvalue weighted by molar-refractivity contribution is 0.212. The van der Waals surface area contributed by atoms with Gasteiger partial charge in [-0.25, -0.2) is 0 Å². The van der Waals surface area contributed by atoms with Crippen LogP contribution in [-0.4, -0.2) is 0 Å². The fourth-order valence-corrected chi connectivity index (χ4v) is 1.44. The summed E-state index contributed by atoms with van der Waals surface area (Å²) >= 11 is 0. The molecule has 0 saturated heterocycles. The first-order chi connectivity index (χ1) is 7.77. The van der Waals surface area contributed by atoms with Gasteiger partial charge in [0.15, 0.2) is 0 Å². The molecule has 0 bridgehead atoms. The van der Waals surface area contributed by atoms with Crippen LogP contribution in [0, 0.1) is 0 Å². The highest BCUT2D eigenvalue weighted by Crippen LogP contribution is 2.12. The summed E-state index contributed by atoms with van der Waals surface area (Å²) in [5.41, 5.74) is 2.54. The monoisotopic (exact) mass is 214 g/mol. The number of allylic oxidation sites excluding steroid dienone is 3. The molecular weight excluding hydrogens is 196 g/mol. The molecule has 84 valence electrons. The van der Waals surface area contributed by atoms with E-state index in [1.165, 1.54) is 11.1 Å². The third kappa shape index (κ3) is 3.77. The molecule has 0 unspecified atom stereocenters. The Balaban J connectivity index is 2.57. The Morgan fingerprint density at radius 2 is 2.00 bits per heavy atom. The van der Waals surface area contributed by atoms with Crippen LogP contribution in [0.3, 0.4) is 0 Å². The number of aryl methyl sites for hydroxylation is 1. The summed E-state index contributed by atoms with van der Waals surface area (Å²) in [4.78, 5) is 0. The van der Waals surface area contributed by atoms with Crippen molar-refractivity contribution in [3.63, 3.8) is 0 Å². The van der Waals surface area contributed by atoms with Crippen molar-refractivity contribution in [1.29, 1.82) is 0 Å². The molecule has 0 aliphatic heterocycles. The lowest BCUT2D eigenvalue weighted by Gasteiger charge is -2.09. The van der Waals surface area contributed by atoms with E-state index in [0.29, 0.717) is 12.4 Å². The van der Waals surface area contributed by atoms with E-state index in [1.807, 2.05) is 18.2 Å². The van der Waals surface area contributed by atoms with Gasteiger partial charge in [-0.05, 0) is 23.6 Å². The van der Waals surface area contributed by atoms with Crippen molar-refractivity contribution in [3.05, 3.63) is 72.5 Å². The van der Waals surface area contributed by atoms with E-state index in [-0.39, 0.29) is 0 Å². The lowest BCUT2D eigenvalue weighted by atomic mass is 10.1. The largest absolute Gasteiger partial charge is 0.490 e. The number of rotatable bonds is 6. The van der Waals surface area contributed by atoms with Gasteiger partial charge < -0.3 is 4.74 Å². The fraction of sp³-hybridized carbons (Fsp3) is 0.200. The average Bonchev–Trinajstić information content (AvgIpc) is 2.34. The van der Waals surface area contributed by atoms with Gasteiger partial charge in [0, 0.05) is 0 Å². The number of ether oxygens (including phenoxy) is 1. The molecule has 0 spiro atoms. The second kappa shape index (κ2) is 6.67. The Labute approximate surface area is 97.8 Å². The molecule has 0 atom stereocenters. The quantitative estimate of drug-likeness (QED) is 0.513. The maximum absolute atomic E-state index is 5.54. The maximum atomic E-state index is 5.54. The smallest absolute Gasteiger partial charge is 0.114 e. The highest BCUT2D eigenvalue weighted by atomic mass is 16.5. The normalized spacial score (nSPS) is 10.3. The highest BCUT2D eigenvalue weighted by molar-refractivity contribution is 5.26. The van der Waals surface area contributed by atoms with Crippen LogP contribution in [0.15, 0.2) is 61.4 Å². The first kappa shape index (κ1) is 12.3. The van der Waals surface area contributed by atoms with Crippen LogP contribution < -0.4 is 0 Å². The zero-order chi connectivity index (χ0) is 11.8. The predicted molar refractivity (Wildman–Crippen MR) is 69.1 cm³/mol. The summed E-state index contributed by atoms with van der Waals surface area (Å²) in [6.45, 7) is 10.1. The van der Waals surface area contributed by atoms with Gasteiger partial charge in [-0.15, -0.1) is 0 Å². The van der Waals surface area contributed by atoms with Gasteiger partial charge in [-0.1, -0.05) is 56.5 Å². The van der Waals surface area contributed by atoms with Crippen LogP contribution >= 0.6 is 0 Å². The summed E-state index contributed by atoms with van der Waals surface area (Å²) in [7, 11) is 0. The molecule has 0 saturated carbocycles. The molecule has 1 heteroatoms. The molecule has 0 heterocycles. The SMILES string of the molecule is C=C/C=C\C(=C)OCc1ccccc1CC. The zero-order valence-electron chi connectivity index (χ0n) is 9.78. The predicted octanol–water partition coefficient (Wildman–Crippen LogP) is 4.02. The molecule has 0 fully saturated rings. The molecule has 1 rings (SSSR count). The van der Waals surface area contributed by atoms with Crippen molar-refractivity contribution in [1.82, 2.24) is 0 Å². The summed E-state index contributed by atoms with van der Waals surface area (Å²) < 4.78 is 5.54. The maximum Gasteiger partial charge on any atom is 0.114 e. The number of hydrogen-bond donors (Lipinski definition) is 0. The number of benzene rings is 1. The van der Waals surface area contributed by atoms with Crippen LogP contribution in [0.25, 0.3) is 0 Å². The molecule has 0 aliphatic rings. The molecule has 0 aliphatic carbocycles. The summed E-state index contributed by atoms with van der Waals surface area (Å²) in [5, 5.41) is 0. The first-order valence-corrected chi connectivity index (χ1v) is 5.45. The first-order valence-electron chi connectivity index (χ1n) is 5.45. The molecule has 1 aromatic rings. The Bertz CT molecular complexity index is 388. The topological polar surface area (TPSA) is 9.23 Å². The second-order valence-corrected chi connectivity index (χ2v) is 3.47. The molecule has 1 aromatic carbocycles. The molecule has 0 amide bonds. The minimum absolute atomic E-state index is 0.574. The minimum atomic E-state index is 0.574. The Kier molecular flexibility index (Phi) is 5.13. The van der Waals surface area contributed by atoms with Gasteiger partial charge in [0.05, 0.1) is 0 Å². The van der Waals surface area contributed by atoms with Crippen molar-refractivity contribution in [2.75, 3.05) is 0 Å². The lowest BCUT2D eigenvalue weighted by Crippen LogP contribution is -1.95. The van der Waals surface area contributed by atoms with Crippen molar-refractivity contribution in [2.45, 2.75) is 20.0 Å². The van der Waals surface area contributed by atoms with Gasteiger partial charge >= 0.3 is 0 Å². The van der Waals surface area contributed by atoms with Crippen molar-refractivity contribution < 1.29 is 4.74 Å². The Morgan fingerprint density at radius 1 is 1.31 bits per heavy atom. The standard InChI is InChI=1S/C15H18O/c1-4-6-9-13(3)16-12-15-11-8-7-10-14(15)5-2/h4,6-11H,1,3,5,12H2,2H3/b9-6-. The highest BCUT2D eigenvalue weighted by Gasteiger charge is 1.99. The second-order valence-electron chi connectivity index (χ2n) is 3.47. The minimum Gasteiger partial charge on any atom is -0.490 e. The third-order valence-electron chi connectivity index (χ3n) is 2.33. The summed E-state index contributed by atoms with van der Waals surface area (Å²) in [6.07, 6.45) is 6.35. The van der Waals surface area contributed by atoms with Crippen molar-refractivity contribution in [2.24, 2.45) is 0 Å². The average molecular weight is 214 g/mol. The van der Waals surface area contributed by atoms with Gasteiger partial charge in [0.2, 0.25) is 0 Å². The van der Waals surface area contributed by atoms with Gasteiger partial charge in [-0.3, -0.25) is 0 Å². The van der Waals surface area contributed by atoms with E-state index in [1.54, 1.807) is 6.08 Å². The fourth-order valence-electron chi connectivity index (χ4n) is 1.44. The van der Waals surface area contributed by atoms with Crippen molar-refractivity contribution in [3.8, 4) is 0 Å². The summed E-state index contributed by atoms with van der Waals surface area (Å²) in [5.74, 6) is 0.658. The van der Waals surface area contributed by atoms with E-state index >= 15 is 0 Å². The van der Waals surface area contributed by atoms with Gasteiger partial charge in [-0.2, -0.15) is 0 Å². The number of hydrogen-bond acceptors (Lipinski definition) is 1. The van der Waals surface area contributed by atoms with E-state index in [2.05, 4.69) is 38.3 Å². The van der Waals surface area contributed by atoms with Crippen LogP contribution in [0.2, 0.25) is 0 Å². The van der Waals surface area contributed by atoms with Crippen LogP contribution in [0.1, 0.15) is 18.1 Å². The van der Waals surface area contributed by atoms with E-state index in [0.717, 1.165) is 6.42 Å². The molecule has 0 N–H and O–H groups in total. The van der Waals surface area contributed by atoms with Gasteiger partial charge in [0.25, 0.3) is 0 Å². The Morgan fingerprint density at radius 3 is 2.62 bits per heavy atom. The van der Waals surface area contributed by atoms with Crippen LogP contribution in [0.4, 0.5) is 0 Å². The summed E-state index contributed by atoms with van der Waals surface area (Å²) in [6, 6.07) is 8.29. The molecule has 16 heavy (non-hydrogen) atoms. The van der Waals surface area contributed by atoms with Crippen molar-refractivity contribution >= 4 is 0 Å². The molecular formula is C15H18O. The van der Waals surface area contributed by atoms with Gasteiger partial charge in [0.1, 0.15) is 12.4 Å². The van der Waals surface area contributed by atoms with E-state index in [4.69, 9.17) is 4.74 Å².